The summed E-state index contributed by atoms with van der Waals surface area (Å²) in [4.78, 5) is 11.8. The first-order valence-electron chi connectivity index (χ1n) is 5.61. The van der Waals surface area contributed by atoms with E-state index in [2.05, 4.69) is 5.32 Å². The fourth-order valence-corrected chi connectivity index (χ4v) is 1.74. The zero-order chi connectivity index (χ0) is 14.6. The number of thiocarbonyl (C=S) groups is 1. The molecule has 3 nitrogen and oxygen atoms in total. The summed E-state index contributed by atoms with van der Waals surface area (Å²) < 4.78 is 39.5. The van der Waals surface area contributed by atoms with Gasteiger partial charge in [-0.05, 0) is 6.42 Å². The van der Waals surface area contributed by atoms with Crippen LogP contribution in [0.25, 0.3) is 0 Å². The summed E-state index contributed by atoms with van der Waals surface area (Å²) in [7, 11) is 0. The summed E-state index contributed by atoms with van der Waals surface area (Å²) >= 11 is 4.75. The van der Waals surface area contributed by atoms with Crippen molar-refractivity contribution >= 4 is 23.1 Å². The van der Waals surface area contributed by atoms with Crippen molar-refractivity contribution in [1.29, 1.82) is 0 Å². The fraction of sp³-hybridized carbons (Fsp3) is 0.333. The highest BCUT2D eigenvalue weighted by molar-refractivity contribution is 7.80. The molecule has 104 valence electrons. The lowest BCUT2D eigenvalue weighted by Crippen LogP contribution is -2.43. The van der Waals surface area contributed by atoms with E-state index in [-0.39, 0.29) is 4.99 Å². The summed E-state index contributed by atoms with van der Waals surface area (Å²) in [5.41, 5.74) is 4.57. The highest BCUT2D eigenvalue weighted by Gasteiger charge is 2.22. The van der Waals surface area contributed by atoms with Crippen molar-refractivity contribution in [3.63, 3.8) is 0 Å². The van der Waals surface area contributed by atoms with Gasteiger partial charge in [0.25, 0.3) is 5.91 Å². The molecule has 1 aromatic rings. The first kappa shape index (κ1) is 15.4. The van der Waals surface area contributed by atoms with E-state index in [0.717, 1.165) is 0 Å². The average Bonchev–Trinajstić information content (AvgIpc) is 2.26. The Morgan fingerprint density at radius 3 is 2.32 bits per heavy atom. The SMILES string of the molecule is CCCC(NC(=O)c1c(F)cc(F)cc1F)C(N)=S. The molecular weight excluding hydrogens is 277 g/mol. The van der Waals surface area contributed by atoms with Crippen LogP contribution in [0.3, 0.4) is 0 Å². The Labute approximate surface area is 114 Å². The molecule has 0 fully saturated rings. The van der Waals surface area contributed by atoms with Crippen LogP contribution in [0.15, 0.2) is 12.1 Å². The molecule has 0 heterocycles. The molecule has 0 radical (unpaired) electrons. The van der Waals surface area contributed by atoms with Crippen LogP contribution in [-0.2, 0) is 0 Å². The molecule has 0 saturated heterocycles. The molecule has 0 saturated carbocycles. The Kier molecular flexibility index (Phi) is 5.29. The second kappa shape index (κ2) is 6.51. The van der Waals surface area contributed by atoms with E-state index in [0.29, 0.717) is 25.0 Å². The van der Waals surface area contributed by atoms with Crippen molar-refractivity contribution in [2.75, 3.05) is 0 Å². The molecule has 1 atom stereocenters. The molecule has 19 heavy (non-hydrogen) atoms. The van der Waals surface area contributed by atoms with E-state index in [1.165, 1.54) is 0 Å². The van der Waals surface area contributed by atoms with Gasteiger partial charge in [-0.2, -0.15) is 0 Å². The third-order valence-corrected chi connectivity index (χ3v) is 2.74. The predicted octanol–water partition coefficient (Wildman–Crippen LogP) is 2.29. The van der Waals surface area contributed by atoms with Crippen molar-refractivity contribution in [2.45, 2.75) is 25.8 Å². The van der Waals surface area contributed by atoms with Crippen molar-refractivity contribution in [1.82, 2.24) is 5.32 Å². The van der Waals surface area contributed by atoms with Gasteiger partial charge in [0.05, 0.1) is 11.0 Å². The second-order valence-corrected chi connectivity index (χ2v) is 4.43. The predicted molar refractivity (Wildman–Crippen MR) is 69.3 cm³/mol. The van der Waals surface area contributed by atoms with E-state index in [4.69, 9.17) is 18.0 Å². The van der Waals surface area contributed by atoms with Crippen LogP contribution < -0.4 is 11.1 Å². The first-order chi connectivity index (χ1) is 8.86. The van der Waals surface area contributed by atoms with Gasteiger partial charge < -0.3 is 11.1 Å². The molecule has 0 aliphatic heterocycles. The van der Waals surface area contributed by atoms with Crippen LogP contribution in [0.4, 0.5) is 13.2 Å². The maximum Gasteiger partial charge on any atom is 0.257 e. The van der Waals surface area contributed by atoms with Crippen LogP contribution in [0.2, 0.25) is 0 Å². The lowest BCUT2D eigenvalue weighted by molar-refractivity contribution is 0.0937. The van der Waals surface area contributed by atoms with Gasteiger partial charge in [-0.25, -0.2) is 13.2 Å². The van der Waals surface area contributed by atoms with Crippen molar-refractivity contribution in [2.24, 2.45) is 5.73 Å². The van der Waals surface area contributed by atoms with Crippen molar-refractivity contribution in [3.8, 4) is 0 Å². The summed E-state index contributed by atoms with van der Waals surface area (Å²) in [6.45, 7) is 1.84. The molecule has 0 aliphatic rings. The Bertz CT molecular complexity index is 485. The molecule has 1 amide bonds. The maximum atomic E-state index is 13.4. The summed E-state index contributed by atoms with van der Waals surface area (Å²) in [6, 6.07) is 0.220. The molecule has 0 spiro atoms. The lowest BCUT2D eigenvalue weighted by Gasteiger charge is -2.17. The van der Waals surface area contributed by atoms with Crippen molar-refractivity contribution < 1.29 is 18.0 Å². The molecule has 0 aliphatic carbocycles. The minimum atomic E-state index is -1.27. The Morgan fingerprint density at radius 2 is 1.89 bits per heavy atom. The zero-order valence-electron chi connectivity index (χ0n) is 10.2. The largest absolute Gasteiger partial charge is 0.392 e. The van der Waals surface area contributed by atoms with Gasteiger partial charge in [0, 0.05) is 12.1 Å². The lowest BCUT2D eigenvalue weighted by atomic mass is 10.1. The minimum Gasteiger partial charge on any atom is -0.392 e. The van der Waals surface area contributed by atoms with Crippen LogP contribution in [0, 0.1) is 17.5 Å². The number of rotatable bonds is 5. The summed E-state index contributed by atoms with van der Waals surface area (Å²) in [6.07, 6.45) is 1.13. The van der Waals surface area contributed by atoms with Crippen LogP contribution in [-0.4, -0.2) is 16.9 Å². The molecule has 3 N–H and O–H groups in total. The van der Waals surface area contributed by atoms with Crippen LogP contribution in [0.5, 0.6) is 0 Å². The van der Waals surface area contributed by atoms with E-state index >= 15 is 0 Å². The number of halogens is 3. The smallest absolute Gasteiger partial charge is 0.257 e. The Balaban J connectivity index is 2.98. The number of nitrogens with two attached hydrogens (primary N) is 1. The number of carbonyl (C=O) groups is 1. The highest BCUT2D eigenvalue weighted by atomic mass is 32.1. The Morgan fingerprint density at radius 1 is 1.37 bits per heavy atom. The van der Waals surface area contributed by atoms with Gasteiger partial charge in [0.1, 0.15) is 23.0 Å². The molecule has 1 unspecified atom stereocenters. The number of carbonyl (C=O) groups excluding carboxylic acids is 1. The summed E-state index contributed by atoms with van der Waals surface area (Å²) in [5, 5.41) is 2.33. The van der Waals surface area contributed by atoms with E-state index in [1.807, 2.05) is 6.92 Å². The van der Waals surface area contributed by atoms with Gasteiger partial charge in [0.2, 0.25) is 0 Å². The average molecular weight is 290 g/mol. The topological polar surface area (TPSA) is 55.1 Å². The normalized spacial score (nSPS) is 12.0. The third kappa shape index (κ3) is 3.92. The fourth-order valence-electron chi connectivity index (χ4n) is 1.56. The van der Waals surface area contributed by atoms with Gasteiger partial charge in [-0.1, -0.05) is 25.6 Å². The monoisotopic (exact) mass is 290 g/mol. The highest BCUT2D eigenvalue weighted by Crippen LogP contribution is 2.15. The van der Waals surface area contributed by atoms with Gasteiger partial charge in [-0.15, -0.1) is 0 Å². The van der Waals surface area contributed by atoms with E-state index in [9.17, 15) is 18.0 Å². The molecule has 0 bridgehead atoms. The van der Waals surface area contributed by atoms with E-state index < -0.39 is 35.0 Å². The van der Waals surface area contributed by atoms with Gasteiger partial charge >= 0.3 is 0 Å². The Hall–Kier alpha value is -1.63. The van der Waals surface area contributed by atoms with E-state index in [1.54, 1.807) is 0 Å². The molecule has 7 heteroatoms. The first-order valence-corrected chi connectivity index (χ1v) is 6.02. The molecule has 1 rings (SSSR count). The number of nitrogens with one attached hydrogen (secondary N) is 1. The van der Waals surface area contributed by atoms with Gasteiger partial charge in [-0.3, -0.25) is 4.79 Å². The van der Waals surface area contributed by atoms with Crippen LogP contribution in [0.1, 0.15) is 30.1 Å². The number of benzene rings is 1. The number of hydrogen-bond acceptors (Lipinski definition) is 2. The number of hydrogen-bond donors (Lipinski definition) is 2. The summed E-state index contributed by atoms with van der Waals surface area (Å²) in [5.74, 6) is -4.64. The molecular formula is C12H13F3N2OS. The van der Waals surface area contributed by atoms with Crippen LogP contribution >= 0.6 is 12.2 Å². The standard InChI is InChI=1S/C12H13F3N2OS/c1-2-3-9(11(16)19)17-12(18)10-7(14)4-6(13)5-8(10)15/h4-5,9H,2-3H2,1H3,(H2,16,19)(H,17,18). The second-order valence-electron chi connectivity index (χ2n) is 3.96. The molecule has 0 aromatic heterocycles. The maximum absolute atomic E-state index is 13.4. The molecule has 1 aromatic carbocycles. The van der Waals surface area contributed by atoms with Crippen molar-refractivity contribution in [3.05, 3.63) is 35.1 Å². The minimum absolute atomic E-state index is 0.0260. The zero-order valence-corrected chi connectivity index (χ0v) is 11.0. The number of amides is 1. The van der Waals surface area contributed by atoms with Gasteiger partial charge in [0.15, 0.2) is 0 Å². The quantitative estimate of drug-likeness (QED) is 0.818. The third-order valence-electron chi connectivity index (χ3n) is 2.46.